The van der Waals surface area contributed by atoms with Gasteiger partial charge in [0, 0.05) is 18.5 Å². The van der Waals surface area contributed by atoms with E-state index >= 15 is 0 Å². The van der Waals surface area contributed by atoms with Gasteiger partial charge < -0.3 is 19.8 Å². The van der Waals surface area contributed by atoms with E-state index in [1.54, 1.807) is 18.2 Å². The van der Waals surface area contributed by atoms with Crippen molar-refractivity contribution in [2.45, 2.75) is 0 Å². The Balaban J connectivity index is 1.72. The van der Waals surface area contributed by atoms with E-state index in [1.165, 1.54) is 17.4 Å². The third-order valence-corrected chi connectivity index (χ3v) is 5.15. The molecular weight excluding hydrogens is 342 g/mol. The molecule has 0 spiro atoms. The van der Waals surface area contributed by atoms with Crippen LogP contribution in [0.25, 0.3) is 11.0 Å². The minimum Gasteiger partial charge on any atom is -0.422 e. The average Bonchev–Trinajstić information content (AvgIpc) is 3.03. The summed E-state index contributed by atoms with van der Waals surface area (Å²) >= 11 is 1.19. The Kier molecular flexibility index (Phi) is 3.98. The molecule has 0 bridgehead atoms. The molecule has 0 aliphatic carbocycles. The second-order valence-corrected chi connectivity index (χ2v) is 6.60. The number of morpholine rings is 1. The Labute approximate surface area is 146 Å². The highest BCUT2D eigenvalue weighted by molar-refractivity contribution is 7.18. The van der Waals surface area contributed by atoms with Crippen molar-refractivity contribution in [2.24, 2.45) is 0 Å². The van der Waals surface area contributed by atoms with Gasteiger partial charge in [-0.1, -0.05) is 29.5 Å². The number of aromatic nitrogens is 1. The van der Waals surface area contributed by atoms with E-state index in [-0.39, 0.29) is 16.3 Å². The Bertz CT molecular complexity index is 1000. The molecule has 1 aliphatic rings. The van der Waals surface area contributed by atoms with Crippen molar-refractivity contribution in [1.29, 1.82) is 0 Å². The maximum atomic E-state index is 12.8. The third kappa shape index (κ3) is 2.90. The van der Waals surface area contributed by atoms with Crippen molar-refractivity contribution >= 4 is 39.0 Å². The van der Waals surface area contributed by atoms with Crippen molar-refractivity contribution in [3.8, 4) is 0 Å². The van der Waals surface area contributed by atoms with Crippen molar-refractivity contribution < 1.29 is 13.9 Å². The molecule has 2 N–H and O–H groups in total. The fourth-order valence-corrected chi connectivity index (χ4v) is 3.71. The van der Waals surface area contributed by atoms with E-state index in [4.69, 9.17) is 14.9 Å². The van der Waals surface area contributed by atoms with E-state index in [2.05, 4.69) is 4.98 Å². The molecule has 0 radical (unpaired) electrons. The molecule has 2 aromatic heterocycles. The van der Waals surface area contributed by atoms with Crippen molar-refractivity contribution in [2.75, 3.05) is 36.9 Å². The summed E-state index contributed by atoms with van der Waals surface area (Å²) in [6, 6.07) is 8.58. The molecule has 1 aromatic carbocycles. The monoisotopic (exact) mass is 357 g/mol. The van der Waals surface area contributed by atoms with Crippen LogP contribution in [0.4, 0.5) is 10.9 Å². The minimum atomic E-state index is -0.676. The standard InChI is InChI=1S/C17H15N3O4S/c18-15-14(25-17(19-15)20-5-7-23-8-6-20)13(21)11-9-10-3-1-2-4-12(10)24-16(11)22/h1-4,9H,5-8,18H2. The minimum absolute atomic E-state index is 0.0393. The fourth-order valence-electron chi connectivity index (χ4n) is 2.72. The summed E-state index contributed by atoms with van der Waals surface area (Å²) in [5, 5.41) is 1.34. The number of ether oxygens (including phenoxy) is 1. The van der Waals surface area contributed by atoms with Crippen molar-refractivity contribution in [3.05, 3.63) is 51.2 Å². The van der Waals surface area contributed by atoms with E-state index in [1.807, 2.05) is 11.0 Å². The lowest BCUT2D eigenvalue weighted by Gasteiger charge is -2.25. The van der Waals surface area contributed by atoms with Crippen molar-refractivity contribution in [1.82, 2.24) is 4.98 Å². The third-order valence-electron chi connectivity index (χ3n) is 4.02. The van der Waals surface area contributed by atoms with Gasteiger partial charge in [0.2, 0.25) is 5.78 Å². The van der Waals surface area contributed by atoms with Gasteiger partial charge in [0.25, 0.3) is 0 Å². The summed E-state index contributed by atoms with van der Waals surface area (Å²) < 4.78 is 10.6. The number of hydrogen-bond donors (Lipinski definition) is 1. The zero-order chi connectivity index (χ0) is 17.4. The molecule has 3 heterocycles. The summed E-state index contributed by atoms with van der Waals surface area (Å²) in [5.41, 5.74) is 5.66. The summed E-state index contributed by atoms with van der Waals surface area (Å²) in [5.74, 6) is -0.335. The van der Waals surface area contributed by atoms with Crippen LogP contribution < -0.4 is 16.3 Å². The number of fused-ring (bicyclic) bond motifs is 1. The molecule has 0 unspecified atom stereocenters. The molecule has 3 aromatic rings. The molecule has 1 fully saturated rings. The Hall–Kier alpha value is -2.71. The summed E-state index contributed by atoms with van der Waals surface area (Å²) in [6.45, 7) is 2.60. The van der Waals surface area contributed by atoms with Crippen LogP contribution >= 0.6 is 11.3 Å². The van der Waals surface area contributed by atoms with E-state index in [9.17, 15) is 9.59 Å². The average molecular weight is 357 g/mol. The predicted octanol–water partition coefficient (Wildman–Crippen LogP) is 1.90. The first kappa shape index (κ1) is 15.8. The lowest BCUT2D eigenvalue weighted by Crippen LogP contribution is -2.36. The van der Waals surface area contributed by atoms with Crippen LogP contribution in [0, 0.1) is 0 Å². The number of ketones is 1. The molecule has 8 heteroatoms. The van der Waals surface area contributed by atoms with Gasteiger partial charge >= 0.3 is 5.63 Å². The zero-order valence-corrected chi connectivity index (χ0v) is 14.0. The van der Waals surface area contributed by atoms with Gasteiger partial charge in [-0.15, -0.1) is 0 Å². The van der Waals surface area contributed by atoms with Gasteiger partial charge in [-0.3, -0.25) is 4.79 Å². The molecular formula is C17H15N3O4S. The van der Waals surface area contributed by atoms with Crippen LogP contribution in [0.15, 0.2) is 39.5 Å². The SMILES string of the molecule is Nc1nc(N2CCOCC2)sc1C(=O)c1cc2ccccc2oc1=O. The quantitative estimate of drug-likeness (QED) is 0.564. The normalized spacial score (nSPS) is 14.8. The Morgan fingerprint density at radius 2 is 2.00 bits per heavy atom. The first-order valence-electron chi connectivity index (χ1n) is 7.80. The smallest absolute Gasteiger partial charge is 0.347 e. The number of para-hydroxylation sites is 1. The zero-order valence-electron chi connectivity index (χ0n) is 13.2. The highest BCUT2D eigenvalue weighted by Crippen LogP contribution is 2.30. The van der Waals surface area contributed by atoms with Gasteiger partial charge in [0.1, 0.15) is 21.8 Å². The number of anilines is 2. The van der Waals surface area contributed by atoms with Crippen LogP contribution in [0.2, 0.25) is 0 Å². The Morgan fingerprint density at radius 3 is 2.80 bits per heavy atom. The first-order chi connectivity index (χ1) is 12.1. The lowest BCUT2D eigenvalue weighted by atomic mass is 10.1. The van der Waals surface area contributed by atoms with Gasteiger partial charge in [0.05, 0.1) is 13.2 Å². The topological polar surface area (TPSA) is 98.7 Å². The Morgan fingerprint density at radius 1 is 1.24 bits per heavy atom. The maximum Gasteiger partial charge on any atom is 0.347 e. The number of benzene rings is 1. The highest BCUT2D eigenvalue weighted by atomic mass is 32.1. The van der Waals surface area contributed by atoms with Crippen LogP contribution in [0.5, 0.6) is 0 Å². The second kappa shape index (κ2) is 6.30. The van der Waals surface area contributed by atoms with Gasteiger partial charge in [-0.05, 0) is 12.1 Å². The molecule has 0 amide bonds. The number of carbonyl (C=O) groups is 1. The lowest BCUT2D eigenvalue weighted by molar-refractivity contribution is 0.104. The maximum absolute atomic E-state index is 12.8. The summed E-state index contributed by atoms with van der Waals surface area (Å²) in [4.78, 5) is 31.6. The number of hydrogen-bond acceptors (Lipinski definition) is 8. The molecule has 25 heavy (non-hydrogen) atoms. The van der Waals surface area contributed by atoms with E-state index in [0.717, 1.165) is 0 Å². The molecule has 4 rings (SSSR count). The predicted molar refractivity (Wildman–Crippen MR) is 95.5 cm³/mol. The number of thiazole rings is 1. The number of nitrogens with zero attached hydrogens (tertiary/aromatic N) is 2. The highest BCUT2D eigenvalue weighted by Gasteiger charge is 2.24. The molecule has 0 atom stereocenters. The van der Waals surface area contributed by atoms with E-state index in [0.29, 0.717) is 42.4 Å². The number of rotatable bonds is 3. The van der Waals surface area contributed by atoms with Gasteiger partial charge in [0.15, 0.2) is 5.13 Å². The summed E-state index contributed by atoms with van der Waals surface area (Å²) in [6.07, 6.45) is 0. The van der Waals surface area contributed by atoms with Gasteiger partial charge in [-0.25, -0.2) is 9.78 Å². The molecule has 7 nitrogen and oxygen atoms in total. The molecule has 128 valence electrons. The number of carbonyl (C=O) groups excluding carboxylic acids is 1. The molecule has 1 saturated heterocycles. The molecule has 1 aliphatic heterocycles. The van der Waals surface area contributed by atoms with Crippen LogP contribution in [-0.4, -0.2) is 37.1 Å². The van der Waals surface area contributed by atoms with Gasteiger partial charge in [-0.2, -0.15) is 0 Å². The molecule has 0 saturated carbocycles. The number of nitrogen functional groups attached to an aromatic ring is 1. The second-order valence-electron chi connectivity index (χ2n) is 5.62. The summed E-state index contributed by atoms with van der Waals surface area (Å²) in [7, 11) is 0. The van der Waals surface area contributed by atoms with Crippen LogP contribution in [0.1, 0.15) is 15.2 Å². The van der Waals surface area contributed by atoms with E-state index < -0.39 is 11.4 Å². The van der Waals surface area contributed by atoms with Crippen LogP contribution in [0.3, 0.4) is 0 Å². The number of nitrogens with two attached hydrogens (primary N) is 1. The largest absolute Gasteiger partial charge is 0.422 e. The van der Waals surface area contributed by atoms with Crippen molar-refractivity contribution in [3.63, 3.8) is 0 Å². The fraction of sp³-hybridized carbons (Fsp3) is 0.235. The first-order valence-corrected chi connectivity index (χ1v) is 8.62. The van der Waals surface area contributed by atoms with Crippen LogP contribution in [-0.2, 0) is 4.74 Å².